The second-order valence-corrected chi connectivity index (χ2v) is 2.95. The van der Waals surface area contributed by atoms with Crippen LogP contribution in [0.4, 0.5) is 0 Å². The van der Waals surface area contributed by atoms with Crippen LogP contribution in [0.3, 0.4) is 0 Å². The summed E-state index contributed by atoms with van der Waals surface area (Å²) in [5.41, 5.74) is 0.814. The first-order chi connectivity index (χ1) is 7.26. The Labute approximate surface area is 88.9 Å². The van der Waals surface area contributed by atoms with Gasteiger partial charge in [-0.1, -0.05) is 12.1 Å². The zero-order valence-electron chi connectivity index (χ0n) is 8.56. The molecule has 0 spiro atoms. The molecule has 0 saturated heterocycles. The summed E-state index contributed by atoms with van der Waals surface area (Å²) in [5.74, 6) is 0.419. The molecule has 0 heterocycles. The Bertz CT molecular complexity index is 308. The topological polar surface area (TPSA) is 58.6 Å². The molecule has 15 heavy (non-hydrogen) atoms. The minimum absolute atomic E-state index is 0.00552. The van der Waals surface area contributed by atoms with Crippen molar-refractivity contribution in [3.8, 4) is 5.75 Å². The van der Waals surface area contributed by atoms with E-state index in [1.807, 2.05) is 0 Å². The van der Waals surface area contributed by atoms with Crippen molar-refractivity contribution in [1.82, 2.24) is 5.32 Å². The molecule has 4 nitrogen and oxygen atoms in total. The van der Waals surface area contributed by atoms with Crippen molar-refractivity contribution >= 4 is 5.91 Å². The van der Waals surface area contributed by atoms with Crippen molar-refractivity contribution in [2.75, 3.05) is 6.61 Å². The number of aliphatic hydroxyl groups excluding tert-OH is 1. The summed E-state index contributed by atoms with van der Waals surface area (Å²) in [6.45, 7) is 3.28. The first-order valence-electron chi connectivity index (χ1n) is 4.66. The standard InChI is InChI=1S/C11H14NO3/c1-2-12-11(14)8-15-10-5-3-9(7-13)4-6-10/h2-6,13H,7-8H2,1H3,(H,12,14). The number of amides is 1. The molecule has 1 aromatic carbocycles. The molecular formula is C11H14NO3. The Morgan fingerprint density at radius 2 is 2.13 bits per heavy atom. The predicted molar refractivity (Wildman–Crippen MR) is 56.0 cm³/mol. The summed E-state index contributed by atoms with van der Waals surface area (Å²) < 4.78 is 5.21. The minimum Gasteiger partial charge on any atom is -0.484 e. The fourth-order valence-electron chi connectivity index (χ4n) is 1.04. The maximum Gasteiger partial charge on any atom is 0.258 e. The number of hydrogen-bond donors (Lipinski definition) is 2. The lowest BCUT2D eigenvalue weighted by molar-refractivity contribution is -0.122. The van der Waals surface area contributed by atoms with Gasteiger partial charge in [0.15, 0.2) is 6.61 Å². The predicted octanol–water partition coefficient (Wildman–Crippen LogP) is 0.856. The molecule has 1 amide bonds. The Balaban J connectivity index is 2.40. The molecule has 0 saturated carbocycles. The number of benzene rings is 1. The van der Waals surface area contributed by atoms with Gasteiger partial charge in [0.25, 0.3) is 5.91 Å². The highest BCUT2D eigenvalue weighted by Crippen LogP contribution is 2.11. The third-order valence-electron chi connectivity index (χ3n) is 1.78. The quantitative estimate of drug-likeness (QED) is 0.754. The monoisotopic (exact) mass is 208 g/mol. The van der Waals surface area contributed by atoms with E-state index in [0.717, 1.165) is 5.56 Å². The normalized spacial score (nSPS) is 9.73. The van der Waals surface area contributed by atoms with Crippen LogP contribution in [-0.4, -0.2) is 17.6 Å². The molecule has 0 aliphatic carbocycles. The Morgan fingerprint density at radius 3 is 2.67 bits per heavy atom. The molecule has 0 aromatic heterocycles. The average Bonchev–Trinajstić information content (AvgIpc) is 2.27. The summed E-state index contributed by atoms with van der Waals surface area (Å²) in [5, 5.41) is 11.3. The average molecular weight is 208 g/mol. The van der Waals surface area contributed by atoms with Crippen molar-refractivity contribution in [3.63, 3.8) is 0 Å². The molecular weight excluding hydrogens is 194 g/mol. The van der Waals surface area contributed by atoms with E-state index in [1.165, 1.54) is 0 Å². The maximum atomic E-state index is 11.0. The van der Waals surface area contributed by atoms with E-state index in [-0.39, 0.29) is 19.1 Å². The third kappa shape index (κ3) is 3.99. The van der Waals surface area contributed by atoms with Crippen molar-refractivity contribution in [1.29, 1.82) is 0 Å². The van der Waals surface area contributed by atoms with E-state index in [9.17, 15) is 4.79 Å². The van der Waals surface area contributed by atoms with Gasteiger partial charge in [-0.3, -0.25) is 4.79 Å². The summed E-state index contributed by atoms with van der Waals surface area (Å²) in [6.07, 6.45) is 0. The molecule has 0 unspecified atom stereocenters. The van der Waals surface area contributed by atoms with Crippen LogP contribution < -0.4 is 10.1 Å². The van der Waals surface area contributed by atoms with Crippen LogP contribution >= 0.6 is 0 Å². The Hall–Kier alpha value is -1.55. The van der Waals surface area contributed by atoms with Crippen LogP contribution in [0.5, 0.6) is 5.75 Å². The largest absolute Gasteiger partial charge is 0.484 e. The van der Waals surface area contributed by atoms with Crippen molar-refractivity contribution in [2.45, 2.75) is 13.5 Å². The van der Waals surface area contributed by atoms with Crippen LogP contribution in [-0.2, 0) is 11.4 Å². The first kappa shape index (κ1) is 11.5. The van der Waals surface area contributed by atoms with Crippen LogP contribution in [0.25, 0.3) is 0 Å². The van der Waals surface area contributed by atoms with Gasteiger partial charge in [0.1, 0.15) is 5.75 Å². The molecule has 1 radical (unpaired) electrons. The van der Waals surface area contributed by atoms with E-state index in [4.69, 9.17) is 9.84 Å². The summed E-state index contributed by atoms with van der Waals surface area (Å²) in [7, 11) is 0. The fraction of sp³-hybridized carbons (Fsp3) is 0.273. The number of aliphatic hydroxyl groups is 1. The SMILES string of the molecule is C[CH]NC(=O)COc1ccc(CO)cc1. The van der Waals surface area contributed by atoms with Gasteiger partial charge in [-0.2, -0.15) is 0 Å². The molecule has 4 heteroatoms. The van der Waals surface area contributed by atoms with E-state index in [2.05, 4.69) is 5.32 Å². The van der Waals surface area contributed by atoms with E-state index in [1.54, 1.807) is 37.7 Å². The molecule has 81 valence electrons. The van der Waals surface area contributed by atoms with Gasteiger partial charge in [0.2, 0.25) is 0 Å². The Kier molecular flexibility index (Phi) is 4.63. The van der Waals surface area contributed by atoms with E-state index >= 15 is 0 Å². The molecule has 0 aliphatic heterocycles. The molecule has 0 aliphatic rings. The van der Waals surface area contributed by atoms with Gasteiger partial charge in [-0.05, 0) is 24.6 Å². The van der Waals surface area contributed by atoms with Gasteiger partial charge < -0.3 is 15.2 Å². The van der Waals surface area contributed by atoms with Crippen LogP contribution in [0.15, 0.2) is 24.3 Å². The van der Waals surface area contributed by atoms with Crippen LogP contribution in [0, 0.1) is 6.54 Å². The third-order valence-corrected chi connectivity index (χ3v) is 1.78. The molecule has 0 bridgehead atoms. The highest BCUT2D eigenvalue weighted by molar-refractivity contribution is 5.78. The lowest BCUT2D eigenvalue weighted by atomic mass is 10.2. The van der Waals surface area contributed by atoms with Gasteiger partial charge in [-0.25, -0.2) is 0 Å². The smallest absolute Gasteiger partial charge is 0.258 e. The van der Waals surface area contributed by atoms with E-state index < -0.39 is 0 Å². The fourth-order valence-corrected chi connectivity index (χ4v) is 1.04. The van der Waals surface area contributed by atoms with Gasteiger partial charge in [-0.15, -0.1) is 0 Å². The van der Waals surface area contributed by atoms with Gasteiger partial charge >= 0.3 is 0 Å². The molecule has 1 aromatic rings. The lowest BCUT2D eigenvalue weighted by Gasteiger charge is -2.06. The van der Waals surface area contributed by atoms with Gasteiger partial charge in [0, 0.05) is 6.54 Å². The summed E-state index contributed by atoms with van der Waals surface area (Å²) >= 11 is 0. The second-order valence-electron chi connectivity index (χ2n) is 2.95. The number of nitrogens with one attached hydrogen (secondary N) is 1. The first-order valence-corrected chi connectivity index (χ1v) is 4.66. The highest BCUT2D eigenvalue weighted by Gasteiger charge is 2.00. The Morgan fingerprint density at radius 1 is 1.47 bits per heavy atom. The molecule has 0 atom stereocenters. The van der Waals surface area contributed by atoms with Crippen molar-refractivity contribution in [3.05, 3.63) is 36.4 Å². The number of carbonyl (C=O) groups excluding carboxylic acids is 1. The van der Waals surface area contributed by atoms with Crippen molar-refractivity contribution in [2.24, 2.45) is 0 Å². The van der Waals surface area contributed by atoms with Gasteiger partial charge in [0.05, 0.1) is 6.61 Å². The maximum absolute atomic E-state index is 11.0. The second kappa shape index (κ2) is 6.03. The highest BCUT2D eigenvalue weighted by atomic mass is 16.5. The minimum atomic E-state index is -0.191. The van der Waals surface area contributed by atoms with Crippen LogP contribution in [0.2, 0.25) is 0 Å². The van der Waals surface area contributed by atoms with E-state index in [0.29, 0.717) is 5.75 Å². The number of hydrogen-bond acceptors (Lipinski definition) is 3. The summed E-state index contributed by atoms with van der Waals surface area (Å²) in [4.78, 5) is 11.0. The summed E-state index contributed by atoms with van der Waals surface area (Å²) in [6, 6.07) is 6.93. The van der Waals surface area contributed by atoms with Crippen LogP contribution in [0.1, 0.15) is 12.5 Å². The molecule has 0 fully saturated rings. The zero-order chi connectivity index (χ0) is 11.1. The molecule has 1 rings (SSSR count). The van der Waals surface area contributed by atoms with Crippen molar-refractivity contribution < 1.29 is 14.6 Å². The lowest BCUT2D eigenvalue weighted by Crippen LogP contribution is -2.25. The number of ether oxygens (including phenoxy) is 1. The number of carbonyl (C=O) groups is 1. The zero-order valence-corrected chi connectivity index (χ0v) is 8.56. The number of rotatable bonds is 5. The molecule has 2 N–H and O–H groups in total.